The first kappa shape index (κ1) is 20.6. The number of anilines is 1. The maximum atomic E-state index is 4.91. The van der Waals surface area contributed by atoms with E-state index in [4.69, 9.17) is 4.98 Å². The summed E-state index contributed by atoms with van der Waals surface area (Å²) < 4.78 is 0. The van der Waals surface area contributed by atoms with Gasteiger partial charge in [-0.2, -0.15) is 0 Å². The van der Waals surface area contributed by atoms with Crippen LogP contribution in [0, 0.1) is 12.8 Å². The average Bonchev–Trinajstić information content (AvgIpc) is 3.18. The second-order valence-electron chi connectivity index (χ2n) is 7.55. The van der Waals surface area contributed by atoms with Crippen molar-refractivity contribution in [3.8, 4) is 10.6 Å². The molecule has 0 aliphatic heterocycles. The van der Waals surface area contributed by atoms with Crippen molar-refractivity contribution in [2.24, 2.45) is 5.92 Å². The van der Waals surface area contributed by atoms with Crippen LogP contribution < -0.4 is 5.32 Å². The van der Waals surface area contributed by atoms with Gasteiger partial charge in [-0.25, -0.2) is 4.98 Å². The van der Waals surface area contributed by atoms with Crippen LogP contribution in [0.1, 0.15) is 55.1 Å². The largest absolute Gasteiger partial charge is 0.388 e. The van der Waals surface area contributed by atoms with Crippen LogP contribution in [0.2, 0.25) is 0 Å². The fraction of sp³-hybridized carbons (Fsp3) is 0.400. The Hall–Kier alpha value is -2.13. The van der Waals surface area contributed by atoms with Crippen LogP contribution in [0.3, 0.4) is 0 Å². The van der Waals surface area contributed by atoms with Crippen molar-refractivity contribution >= 4 is 17.0 Å². The van der Waals surface area contributed by atoms with E-state index < -0.39 is 0 Å². The molecule has 4 rings (SSSR count). The second kappa shape index (κ2) is 9.38. The number of rotatable bonds is 4. The lowest BCUT2D eigenvalue weighted by molar-refractivity contribution is 0.501. The highest BCUT2D eigenvalue weighted by atomic mass is 32.1. The number of aromatic nitrogens is 1. The first-order chi connectivity index (χ1) is 13.6. The average molecular weight is 393 g/mol. The third-order valence-electron chi connectivity index (χ3n) is 5.43. The third-order valence-corrected chi connectivity index (χ3v) is 6.37. The van der Waals surface area contributed by atoms with Gasteiger partial charge in [-0.1, -0.05) is 45.0 Å². The van der Waals surface area contributed by atoms with Crippen LogP contribution in [-0.2, 0) is 19.3 Å². The molecular formula is C25H32N2S. The van der Waals surface area contributed by atoms with Crippen molar-refractivity contribution in [2.75, 3.05) is 12.4 Å². The lowest BCUT2D eigenvalue weighted by Crippen LogP contribution is -2.11. The van der Waals surface area contributed by atoms with Gasteiger partial charge in [-0.15, -0.1) is 11.3 Å². The summed E-state index contributed by atoms with van der Waals surface area (Å²) in [5.74, 6) is 0.817. The van der Waals surface area contributed by atoms with Crippen molar-refractivity contribution < 1.29 is 0 Å². The molecule has 0 amide bonds. The van der Waals surface area contributed by atoms with Crippen molar-refractivity contribution in [3.63, 3.8) is 0 Å². The van der Waals surface area contributed by atoms with Crippen LogP contribution in [0.4, 0.5) is 5.69 Å². The van der Waals surface area contributed by atoms with Gasteiger partial charge in [0.15, 0.2) is 0 Å². The highest BCUT2D eigenvalue weighted by Crippen LogP contribution is 2.31. The standard InChI is InChI=1S/C23H26N2S.C2H6/c1-15-4-6-19-13-20(8-7-18(19)10-15)23-25-21(14-26-23)12-17-5-9-22(24-3)16(2)11-17;1-2/h5,7-9,11,13-15,24H,4,6,10,12H2,1-3H3;1-2H3. The summed E-state index contributed by atoms with van der Waals surface area (Å²) in [7, 11) is 1.97. The Morgan fingerprint density at radius 1 is 1.11 bits per heavy atom. The SMILES string of the molecule is CC.CNc1ccc(Cc2csc(-c3ccc4c(c3)CCC(C)C4)n2)cc1C. The molecular weight excluding hydrogens is 360 g/mol. The van der Waals surface area contributed by atoms with Crippen molar-refractivity contribution in [1.29, 1.82) is 0 Å². The predicted molar refractivity (Wildman–Crippen MR) is 124 cm³/mol. The smallest absolute Gasteiger partial charge is 0.123 e. The summed E-state index contributed by atoms with van der Waals surface area (Å²) in [5.41, 5.74) is 9.28. The van der Waals surface area contributed by atoms with E-state index in [0.29, 0.717) is 0 Å². The lowest BCUT2D eigenvalue weighted by atomic mass is 9.84. The zero-order valence-corrected chi connectivity index (χ0v) is 18.6. The number of hydrogen-bond donors (Lipinski definition) is 1. The maximum Gasteiger partial charge on any atom is 0.123 e. The number of aryl methyl sites for hydroxylation is 2. The molecule has 0 spiro atoms. The van der Waals surface area contributed by atoms with E-state index in [1.807, 2.05) is 20.9 Å². The summed E-state index contributed by atoms with van der Waals surface area (Å²) in [6.07, 6.45) is 4.63. The molecule has 1 aliphatic carbocycles. The fourth-order valence-corrected chi connectivity index (χ4v) is 4.73. The number of hydrogen-bond acceptors (Lipinski definition) is 3. The minimum atomic E-state index is 0.817. The van der Waals surface area contributed by atoms with E-state index in [1.54, 1.807) is 11.3 Å². The van der Waals surface area contributed by atoms with E-state index in [0.717, 1.165) is 23.0 Å². The monoisotopic (exact) mass is 392 g/mol. The van der Waals surface area contributed by atoms with E-state index in [-0.39, 0.29) is 0 Å². The van der Waals surface area contributed by atoms with Gasteiger partial charge in [0.2, 0.25) is 0 Å². The van der Waals surface area contributed by atoms with Gasteiger partial charge in [0.1, 0.15) is 5.01 Å². The number of fused-ring (bicyclic) bond motifs is 1. The number of nitrogens with zero attached hydrogens (tertiary/aromatic N) is 1. The molecule has 148 valence electrons. The molecule has 0 saturated carbocycles. The summed E-state index contributed by atoms with van der Waals surface area (Å²) in [6, 6.07) is 13.5. The molecule has 1 heterocycles. The molecule has 2 aromatic carbocycles. The summed E-state index contributed by atoms with van der Waals surface area (Å²) in [4.78, 5) is 4.91. The second-order valence-corrected chi connectivity index (χ2v) is 8.41. The molecule has 1 aliphatic rings. The molecule has 1 atom stereocenters. The Labute approximate surface area is 174 Å². The van der Waals surface area contributed by atoms with Gasteiger partial charge >= 0.3 is 0 Å². The highest BCUT2D eigenvalue weighted by Gasteiger charge is 2.16. The molecule has 1 unspecified atom stereocenters. The summed E-state index contributed by atoms with van der Waals surface area (Å²) >= 11 is 1.76. The van der Waals surface area contributed by atoms with Crippen LogP contribution in [-0.4, -0.2) is 12.0 Å². The molecule has 0 saturated heterocycles. The Bertz CT molecular complexity index is 926. The van der Waals surface area contributed by atoms with Crippen LogP contribution in [0.15, 0.2) is 41.8 Å². The minimum absolute atomic E-state index is 0.817. The zero-order valence-electron chi connectivity index (χ0n) is 17.8. The molecule has 2 nitrogen and oxygen atoms in total. The van der Waals surface area contributed by atoms with Crippen molar-refractivity contribution in [2.45, 2.75) is 53.4 Å². The number of thiazole rings is 1. The predicted octanol–water partition coefficient (Wildman–Crippen LogP) is 6.90. The molecule has 0 radical (unpaired) electrons. The van der Waals surface area contributed by atoms with Crippen LogP contribution >= 0.6 is 11.3 Å². The van der Waals surface area contributed by atoms with Gasteiger partial charge in [-0.05, 0) is 66.5 Å². The van der Waals surface area contributed by atoms with Crippen molar-refractivity contribution in [1.82, 2.24) is 4.98 Å². The maximum absolute atomic E-state index is 4.91. The molecule has 3 aromatic rings. The van der Waals surface area contributed by atoms with Gasteiger partial charge in [0, 0.05) is 30.1 Å². The topological polar surface area (TPSA) is 24.9 Å². The van der Waals surface area contributed by atoms with E-state index in [9.17, 15) is 0 Å². The molecule has 1 N–H and O–H groups in total. The Balaban J connectivity index is 0.00000109. The minimum Gasteiger partial charge on any atom is -0.388 e. The fourth-order valence-electron chi connectivity index (χ4n) is 3.92. The van der Waals surface area contributed by atoms with Gasteiger partial charge in [0.05, 0.1) is 5.69 Å². The third kappa shape index (κ3) is 4.64. The quantitative estimate of drug-likeness (QED) is 0.522. The Kier molecular flexibility index (Phi) is 6.90. The first-order valence-corrected chi connectivity index (χ1v) is 11.3. The lowest BCUT2D eigenvalue weighted by Gasteiger charge is -2.21. The van der Waals surface area contributed by atoms with Crippen LogP contribution in [0.25, 0.3) is 10.6 Å². The number of benzene rings is 2. The summed E-state index contributed by atoms with van der Waals surface area (Å²) in [6.45, 7) is 8.50. The van der Waals surface area contributed by atoms with E-state index in [2.05, 4.69) is 60.9 Å². The molecule has 3 heteroatoms. The number of nitrogens with one attached hydrogen (secondary N) is 1. The Morgan fingerprint density at radius 3 is 2.68 bits per heavy atom. The molecule has 0 bridgehead atoms. The molecule has 0 fully saturated rings. The van der Waals surface area contributed by atoms with Gasteiger partial charge in [0.25, 0.3) is 0 Å². The van der Waals surface area contributed by atoms with Crippen molar-refractivity contribution in [3.05, 3.63) is 69.7 Å². The van der Waals surface area contributed by atoms with Gasteiger partial charge in [-0.3, -0.25) is 0 Å². The van der Waals surface area contributed by atoms with Gasteiger partial charge < -0.3 is 5.32 Å². The molecule has 28 heavy (non-hydrogen) atoms. The molecule has 1 aromatic heterocycles. The Morgan fingerprint density at radius 2 is 1.93 bits per heavy atom. The summed E-state index contributed by atoms with van der Waals surface area (Å²) in [5, 5.41) is 6.58. The normalized spacial score (nSPS) is 15.4. The van der Waals surface area contributed by atoms with E-state index in [1.165, 1.54) is 52.8 Å². The van der Waals surface area contributed by atoms with E-state index >= 15 is 0 Å². The zero-order chi connectivity index (χ0) is 20.1. The highest BCUT2D eigenvalue weighted by molar-refractivity contribution is 7.13. The first-order valence-electron chi connectivity index (χ1n) is 10.5. The van der Waals surface area contributed by atoms with Crippen LogP contribution in [0.5, 0.6) is 0 Å².